The minimum Gasteiger partial charge on any atom is -0.396 e. The van der Waals surface area contributed by atoms with E-state index in [2.05, 4.69) is 19.2 Å². The Bertz CT molecular complexity index is 161. The van der Waals surface area contributed by atoms with Crippen molar-refractivity contribution in [3.8, 4) is 0 Å². The average Bonchev–Trinajstić information content (AvgIpc) is 2.71. The average molecular weight is 213 g/mol. The molecule has 0 spiro atoms. The SMILES string of the molecule is CCCCC(CC)NC1CCCC1CO. The summed E-state index contributed by atoms with van der Waals surface area (Å²) in [5.74, 6) is 0.515. The summed E-state index contributed by atoms with van der Waals surface area (Å²) in [6, 6.07) is 1.25. The highest BCUT2D eigenvalue weighted by Gasteiger charge is 2.27. The Balaban J connectivity index is 2.29. The minimum absolute atomic E-state index is 0.363. The van der Waals surface area contributed by atoms with Gasteiger partial charge in [0.1, 0.15) is 0 Å². The highest BCUT2D eigenvalue weighted by Crippen LogP contribution is 2.26. The second kappa shape index (κ2) is 7.24. The van der Waals surface area contributed by atoms with Gasteiger partial charge in [-0.05, 0) is 31.6 Å². The van der Waals surface area contributed by atoms with Gasteiger partial charge in [0.2, 0.25) is 0 Å². The molecule has 0 amide bonds. The van der Waals surface area contributed by atoms with E-state index in [0.29, 0.717) is 24.6 Å². The van der Waals surface area contributed by atoms with E-state index in [-0.39, 0.29) is 0 Å². The van der Waals surface area contributed by atoms with E-state index in [1.54, 1.807) is 0 Å². The van der Waals surface area contributed by atoms with Gasteiger partial charge in [0.15, 0.2) is 0 Å². The normalized spacial score (nSPS) is 28.2. The van der Waals surface area contributed by atoms with Gasteiger partial charge >= 0.3 is 0 Å². The van der Waals surface area contributed by atoms with E-state index >= 15 is 0 Å². The van der Waals surface area contributed by atoms with E-state index in [0.717, 1.165) is 0 Å². The summed E-state index contributed by atoms with van der Waals surface area (Å²) < 4.78 is 0. The summed E-state index contributed by atoms with van der Waals surface area (Å²) in [5.41, 5.74) is 0. The molecule has 15 heavy (non-hydrogen) atoms. The fourth-order valence-corrected chi connectivity index (χ4v) is 2.63. The lowest BCUT2D eigenvalue weighted by molar-refractivity contribution is 0.197. The van der Waals surface area contributed by atoms with E-state index in [9.17, 15) is 5.11 Å². The van der Waals surface area contributed by atoms with Gasteiger partial charge in [0.25, 0.3) is 0 Å². The Morgan fingerprint density at radius 2 is 2.13 bits per heavy atom. The molecule has 0 saturated heterocycles. The standard InChI is InChI=1S/C13H27NO/c1-3-5-8-12(4-2)14-13-9-6-7-11(13)10-15/h11-15H,3-10H2,1-2H3. The zero-order chi connectivity index (χ0) is 11.1. The number of hydrogen-bond acceptors (Lipinski definition) is 2. The first-order valence-electron chi connectivity index (χ1n) is 6.68. The molecule has 3 atom stereocenters. The minimum atomic E-state index is 0.363. The Hall–Kier alpha value is -0.0800. The maximum absolute atomic E-state index is 9.26. The zero-order valence-electron chi connectivity index (χ0n) is 10.3. The van der Waals surface area contributed by atoms with Gasteiger partial charge in [0.05, 0.1) is 0 Å². The zero-order valence-corrected chi connectivity index (χ0v) is 10.3. The molecule has 1 fully saturated rings. The summed E-state index contributed by atoms with van der Waals surface area (Å²) in [5, 5.41) is 13.0. The van der Waals surface area contributed by atoms with E-state index < -0.39 is 0 Å². The van der Waals surface area contributed by atoms with Crippen molar-refractivity contribution >= 4 is 0 Å². The first-order chi connectivity index (χ1) is 7.31. The Morgan fingerprint density at radius 1 is 1.33 bits per heavy atom. The van der Waals surface area contributed by atoms with Crippen molar-refractivity contribution in [2.75, 3.05) is 6.61 Å². The number of aliphatic hydroxyl groups is 1. The fraction of sp³-hybridized carbons (Fsp3) is 1.00. The van der Waals surface area contributed by atoms with Crippen molar-refractivity contribution in [1.82, 2.24) is 5.32 Å². The molecule has 3 unspecified atom stereocenters. The molecule has 0 aromatic heterocycles. The summed E-state index contributed by atoms with van der Waals surface area (Å²) in [6.45, 7) is 4.87. The van der Waals surface area contributed by atoms with Gasteiger partial charge in [-0.25, -0.2) is 0 Å². The number of unbranched alkanes of at least 4 members (excludes halogenated alkanes) is 1. The maximum Gasteiger partial charge on any atom is 0.0474 e. The molecule has 1 aliphatic rings. The smallest absolute Gasteiger partial charge is 0.0474 e. The predicted octanol–water partition coefficient (Wildman–Crippen LogP) is 2.71. The van der Waals surface area contributed by atoms with Crippen LogP contribution in [0.15, 0.2) is 0 Å². The molecule has 1 rings (SSSR count). The Labute approximate surface area is 94.5 Å². The lowest BCUT2D eigenvalue weighted by Gasteiger charge is -2.25. The third kappa shape index (κ3) is 4.12. The number of aliphatic hydroxyl groups excluding tert-OH is 1. The van der Waals surface area contributed by atoms with Gasteiger partial charge in [-0.3, -0.25) is 0 Å². The van der Waals surface area contributed by atoms with Crippen molar-refractivity contribution in [2.24, 2.45) is 5.92 Å². The van der Waals surface area contributed by atoms with Crippen molar-refractivity contribution in [3.05, 3.63) is 0 Å². The molecule has 2 nitrogen and oxygen atoms in total. The molecule has 0 bridgehead atoms. The molecule has 2 heteroatoms. The van der Waals surface area contributed by atoms with Crippen LogP contribution >= 0.6 is 0 Å². The Kier molecular flexibility index (Phi) is 6.26. The van der Waals surface area contributed by atoms with E-state index in [1.807, 2.05) is 0 Å². The molecule has 90 valence electrons. The molecular weight excluding hydrogens is 186 g/mol. The number of hydrogen-bond donors (Lipinski definition) is 2. The van der Waals surface area contributed by atoms with Crippen LogP contribution in [0.25, 0.3) is 0 Å². The summed E-state index contributed by atoms with van der Waals surface area (Å²) in [6.07, 6.45) is 8.87. The highest BCUT2D eigenvalue weighted by molar-refractivity contribution is 4.85. The number of rotatable bonds is 7. The molecular formula is C13H27NO. The van der Waals surface area contributed by atoms with E-state index in [4.69, 9.17) is 0 Å². The lowest BCUT2D eigenvalue weighted by Crippen LogP contribution is -2.41. The molecule has 1 saturated carbocycles. The van der Waals surface area contributed by atoms with Crippen LogP contribution in [0.1, 0.15) is 58.8 Å². The quantitative estimate of drug-likeness (QED) is 0.681. The van der Waals surface area contributed by atoms with Gasteiger partial charge in [0, 0.05) is 18.7 Å². The van der Waals surface area contributed by atoms with Crippen LogP contribution in [0.5, 0.6) is 0 Å². The van der Waals surface area contributed by atoms with Crippen LogP contribution in [-0.4, -0.2) is 23.8 Å². The molecule has 0 heterocycles. The van der Waals surface area contributed by atoms with Crippen molar-refractivity contribution in [1.29, 1.82) is 0 Å². The van der Waals surface area contributed by atoms with Crippen molar-refractivity contribution in [2.45, 2.75) is 70.9 Å². The maximum atomic E-state index is 9.26. The van der Waals surface area contributed by atoms with Crippen LogP contribution in [0, 0.1) is 5.92 Å². The van der Waals surface area contributed by atoms with Gasteiger partial charge in [-0.15, -0.1) is 0 Å². The first kappa shape index (κ1) is 13.0. The summed E-state index contributed by atoms with van der Waals surface area (Å²) >= 11 is 0. The fourth-order valence-electron chi connectivity index (χ4n) is 2.63. The van der Waals surface area contributed by atoms with Crippen molar-refractivity contribution < 1.29 is 5.11 Å². The molecule has 0 radical (unpaired) electrons. The monoisotopic (exact) mass is 213 g/mol. The molecule has 1 aliphatic carbocycles. The van der Waals surface area contributed by atoms with Gasteiger partial charge < -0.3 is 10.4 Å². The first-order valence-corrected chi connectivity index (χ1v) is 6.68. The highest BCUT2D eigenvalue weighted by atomic mass is 16.3. The third-order valence-electron chi connectivity index (χ3n) is 3.74. The summed E-state index contributed by atoms with van der Waals surface area (Å²) in [4.78, 5) is 0. The topological polar surface area (TPSA) is 32.3 Å². The van der Waals surface area contributed by atoms with Crippen LogP contribution < -0.4 is 5.32 Å². The van der Waals surface area contributed by atoms with Crippen molar-refractivity contribution in [3.63, 3.8) is 0 Å². The van der Waals surface area contributed by atoms with Crippen LogP contribution in [0.2, 0.25) is 0 Å². The van der Waals surface area contributed by atoms with E-state index in [1.165, 1.54) is 44.9 Å². The van der Waals surface area contributed by atoms with Crippen LogP contribution in [0.3, 0.4) is 0 Å². The number of nitrogens with one attached hydrogen (secondary N) is 1. The van der Waals surface area contributed by atoms with Gasteiger partial charge in [-0.1, -0.05) is 33.1 Å². The molecule has 0 aliphatic heterocycles. The van der Waals surface area contributed by atoms with Crippen LogP contribution in [0.4, 0.5) is 0 Å². The van der Waals surface area contributed by atoms with Gasteiger partial charge in [-0.2, -0.15) is 0 Å². The molecule has 2 N–H and O–H groups in total. The third-order valence-corrected chi connectivity index (χ3v) is 3.74. The predicted molar refractivity (Wildman–Crippen MR) is 65.0 cm³/mol. The summed E-state index contributed by atoms with van der Waals surface area (Å²) in [7, 11) is 0. The largest absolute Gasteiger partial charge is 0.396 e. The lowest BCUT2D eigenvalue weighted by atomic mass is 10.0. The molecule has 0 aromatic carbocycles. The van der Waals surface area contributed by atoms with Crippen LogP contribution in [-0.2, 0) is 0 Å². The Morgan fingerprint density at radius 3 is 2.73 bits per heavy atom. The second-order valence-corrected chi connectivity index (χ2v) is 4.89. The molecule has 0 aromatic rings. The second-order valence-electron chi connectivity index (χ2n) is 4.89.